The lowest BCUT2D eigenvalue weighted by atomic mass is 9.81. The van der Waals surface area contributed by atoms with Gasteiger partial charge < -0.3 is 9.67 Å². The summed E-state index contributed by atoms with van der Waals surface area (Å²) < 4.78 is 43.6. The van der Waals surface area contributed by atoms with Crippen molar-refractivity contribution < 1.29 is 18.3 Å². The lowest BCUT2D eigenvalue weighted by molar-refractivity contribution is -0.262. The van der Waals surface area contributed by atoms with Crippen LogP contribution in [-0.2, 0) is 17.6 Å². The van der Waals surface area contributed by atoms with Gasteiger partial charge in [0.15, 0.2) is 5.82 Å². The van der Waals surface area contributed by atoms with E-state index in [0.717, 1.165) is 37.1 Å². The van der Waals surface area contributed by atoms with Gasteiger partial charge in [-0.15, -0.1) is 0 Å². The lowest BCUT2D eigenvalue weighted by Crippen LogP contribution is -2.42. The van der Waals surface area contributed by atoms with E-state index in [1.807, 2.05) is 17.7 Å². The number of hydrogen-bond donors (Lipinski definition) is 1. The molecule has 2 fully saturated rings. The first-order chi connectivity index (χ1) is 12.6. The summed E-state index contributed by atoms with van der Waals surface area (Å²) >= 11 is 0. The van der Waals surface area contributed by atoms with Crippen molar-refractivity contribution >= 4 is 0 Å². The number of alkyl halides is 3. The van der Waals surface area contributed by atoms with Gasteiger partial charge >= 0.3 is 6.18 Å². The molecule has 2 aliphatic carbocycles. The summed E-state index contributed by atoms with van der Waals surface area (Å²) in [4.78, 5) is 3.99. The number of rotatable bonds is 2. The van der Waals surface area contributed by atoms with E-state index in [1.165, 1.54) is 30.0 Å². The summed E-state index contributed by atoms with van der Waals surface area (Å²) in [5.41, 5.74) is -0.388. The van der Waals surface area contributed by atoms with E-state index in [2.05, 4.69) is 4.98 Å². The molecular formula is C19H23F3N4O. The van der Waals surface area contributed by atoms with Gasteiger partial charge in [-0.25, -0.2) is 4.98 Å². The lowest BCUT2D eigenvalue weighted by Gasteiger charge is -2.31. The Morgan fingerprint density at radius 3 is 2.52 bits per heavy atom. The average molecular weight is 380 g/mol. The normalized spacial score (nSPS) is 31.6. The third kappa shape index (κ3) is 2.22. The van der Waals surface area contributed by atoms with Crippen molar-refractivity contribution in [1.82, 2.24) is 19.3 Å². The molecule has 2 saturated carbocycles. The molecule has 8 heteroatoms. The molecule has 0 radical (unpaired) electrons. The number of aliphatic hydroxyl groups is 1. The molecule has 3 heterocycles. The van der Waals surface area contributed by atoms with Crippen LogP contribution in [0.4, 0.5) is 13.2 Å². The fourth-order valence-electron chi connectivity index (χ4n) is 5.39. The fraction of sp³-hybridized carbons (Fsp3) is 0.684. The number of nitrogens with zero attached hydrogens (tertiary/aromatic N) is 4. The SMILES string of the molecule is C[C@H]1Cn2nc(C34CCC(CC3)C4)cc2-c2cnc([C@@](C)(O)C(F)(F)F)n21. The predicted octanol–water partition coefficient (Wildman–Crippen LogP) is 3.92. The Morgan fingerprint density at radius 2 is 1.93 bits per heavy atom. The highest BCUT2D eigenvalue weighted by atomic mass is 19.4. The van der Waals surface area contributed by atoms with E-state index in [1.54, 1.807) is 0 Å². The van der Waals surface area contributed by atoms with Gasteiger partial charge in [0, 0.05) is 5.41 Å². The average Bonchev–Trinajstić information content (AvgIpc) is 3.34. The fourth-order valence-corrected chi connectivity index (χ4v) is 5.39. The van der Waals surface area contributed by atoms with Gasteiger partial charge in [-0.2, -0.15) is 18.3 Å². The maximum atomic E-state index is 13.4. The molecule has 0 unspecified atom stereocenters. The minimum atomic E-state index is -4.79. The highest BCUT2D eigenvalue weighted by Crippen LogP contribution is 2.55. The Hall–Kier alpha value is -1.83. The summed E-state index contributed by atoms with van der Waals surface area (Å²) in [7, 11) is 0. The maximum absolute atomic E-state index is 13.4. The Morgan fingerprint density at radius 1 is 1.22 bits per heavy atom. The molecule has 5 nitrogen and oxygen atoms in total. The molecule has 1 N–H and O–H groups in total. The molecule has 0 saturated heterocycles. The highest BCUT2D eigenvalue weighted by Gasteiger charge is 2.55. The third-order valence-electron chi connectivity index (χ3n) is 6.99. The first-order valence-electron chi connectivity index (χ1n) is 9.58. The van der Waals surface area contributed by atoms with Crippen LogP contribution < -0.4 is 0 Å². The summed E-state index contributed by atoms with van der Waals surface area (Å²) in [5, 5.41) is 15.0. The van der Waals surface area contributed by atoms with Gasteiger partial charge in [0.05, 0.1) is 35.9 Å². The topological polar surface area (TPSA) is 55.9 Å². The quantitative estimate of drug-likeness (QED) is 0.859. The molecular weight excluding hydrogens is 357 g/mol. The van der Waals surface area contributed by atoms with Crippen molar-refractivity contribution in [2.24, 2.45) is 5.92 Å². The highest BCUT2D eigenvalue weighted by molar-refractivity contribution is 5.58. The van der Waals surface area contributed by atoms with Crippen LogP contribution in [0.1, 0.15) is 63.5 Å². The minimum Gasteiger partial charge on any atom is -0.374 e. The van der Waals surface area contributed by atoms with E-state index in [-0.39, 0.29) is 17.3 Å². The summed E-state index contributed by atoms with van der Waals surface area (Å²) in [6.07, 6.45) is 2.61. The number of halogens is 3. The molecule has 0 amide bonds. The number of aromatic nitrogens is 4. The van der Waals surface area contributed by atoms with E-state index < -0.39 is 11.8 Å². The van der Waals surface area contributed by atoms with Crippen LogP contribution in [0.2, 0.25) is 0 Å². The van der Waals surface area contributed by atoms with Crippen LogP contribution in [-0.4, -0.2) is 30.6 Å². The third-order valence-corrected chi connectivity index (χ3v) is 6.99. The Balaban J connectivity index is 1.61. The molecule has 0 aromatic carbocycles. The molecule has 27 heavy (non-hydrogen) atoms. The summed E-state index contributed by atoms with van der Waals surface area (Å²) in [5.74, 6) is 0.438. The largest absolute Gasteiger partial charge is 0.424 e. The first-order valence-corrected chi connectivity index (χ1v) is 9.58. The molecule has 5 rings (SSSR count). The summed E-state index contributed by atoms with van der Waals surface area (Å²) in [6.45, 7) is 3.08. The molecule has 0 spiro atoms. The van der Waals surface area contributed by atoms with Crippen LogP contribution in [0.15, 0.2) is 12.3 Å². The Labute approximate surface area is 155 Å². The van der Waals surface area contributed by atoms with Gasteiger partial charge in [0.25, 0.3) is 0 Å². The number of fused-ring (bicyclic) bond motifs is 5. The van der Waals surface area contributed by atoms with Gasteiger partial charge in [-0.05, 0) is 57.9 Å². The van der Waals surface area contributed by atoms with Crippen molar-refractivity contribution in [3.05, 3.63) is 23.8 Å². The van der Waals surface area contributed by atoms with Crippen molar-refractivity contribution in [2.75, 3.05) is 0 Å². The molecule has 146 valence electrons. The molecule has 2 bridgehead atoms. The zero-order chi connectivity index (χ0) is 19.2. The van der Waals surface area contributed by atoms with Gasteiger partial charge in [-0.1, -0.05) is 0 Å². The van der Waals surface area contributed by atoms with Crippen LogP contribution >= 0.6 is 0 Å². The second-order valence-corrected chi connectivity index (χ2v) is 8.78. The molecule has 2 atom stereocenters. The second-order valence-electron chi connectivity index (χ2n) is 8.78. The van der Waals surface area contributed by atoms with Crippen LogP contribution in [0.5, 0.6) is 0 Å². The smallest absolute Gasteiger partial charge is 0.374 e. The standard InChI is InChI=1S/C19H23F3N4O/c1-11-10-25-13(7-15(24-25)18-5-3-12(8-18)4-6-18)14-9-23-16(26(11)14)17(2,27)19(20,21)22/h7,9,11-12,27H,3-6,8,10H2,1-2H3/t11-,12?,17+,18?/m0/s1. The number of imidazole rings is 1. The van der Waals surface area contributed by atoms with E-state index >= 15 is 0 Å². The van der Waals surface area contributed by atoms with Crippen LogP contribution in [0, 0.1) is 5.92 Å². The zero-order valence-electron chi connectivity index (χ0n) is 15.4. The molecule has 2 aromatic rings. The number of hydrogen-bond acceptors (Lipinski definition) is 3. The minimum absolute atomic E-state index is 0.142. The first kappa shape index (κ1) is 17.3. The Kier molecular flexibility index (Phi) is 3.30. The van der Waals surface area contributed by atoms with Gasteiger partial charge in [0.2, 0.25) is 5.60 Å². The van der Waals surface area contributed by atoms with Crippen molar-refractivity contribution in [3.8, 4) is 11.4 Å². The van der Waals surface area contributed by atoms with Crippen LogP contribution in [0.3, 0.4) is 0 Å². The van der Waals surface area contributed by atoms with Crippen molar-refractivity contribution in [3.63, 3.8) is 0 Å². The second kappa shape index (κ2) is 5.16. The van der Waals surface area contributed by atoms with Gasteiger partial charge in [-0.3, -0.25) is 4.68 Å². The van der Waals surface area contributed by atoms with Gasteiger partial charge in [0.1, 0.15) is 0 Å². The maximum Gasteiger partial charge on any atom is 0.424 e. The monoisotopic (exact) mass is 380 g/mol. The van der Waals surface area contributed by atoms with E-state index in [9.17, 15) is 18.3 Å². The molecule has 2 aromatic heterocycles. The van der Waals surface area contributed by atoms with Crippen molar-refractivity contribution in [1.29, 1.82) is 0 Å². The predicted molar refractivity (Wildman–Crippen MR) is 92.0 cm³/mol. The van der Waals surface area contributed by atoms with E-state index in [0.29, 0.717) is 12.2 Å². The Bertz CT molecular complexity index is 903. The van der Waals surface area contributed by atoms with E-state index in [4.69, 9.17) is 5.10 Å². The summed E-state index contributed by atoms with van der Waals surface area (Å²) in [6, 6.07) is 1.77. The molecule has 1 aliphatic heterocycles. The van der Waals surface area contributed by atoms with Crippen LogP contribution in [0.25, 0.3) is 11.4 Å². The molecule has 3 aliphatic rings. The zero-order valence-corrected chi connectivity index (χ0v) is 15.4. The van der Waals surface area contributed by atoms with Crippen molar-refractivity contribution in [2.45, 2.75) is 75.7 Å².